The number of ether oxygens (including phenoxy) is 1. The summed E-state index contributed by atoms with van der Waals surface area (Å²) in [7, 11) is 3.38. The number of ketones is 2. The predicted molar refractivity (Wildman–Crippen MR) is 251 cm³/mol. The number of aromatic nitrogens is 1. The molecule has 8 rings (SSSR count). The number of hydrogen-bond donors (Lipinski definition) is 8. The molecule has 4 aliphatic rings. The molecule has 13 heteroatoms. The van der Waals surface area contributed by atoms with Crippen LogP contribution in [0.5, 0.6) is 17.2 Å². The second kappa shape index (κ2) is 19.9. The smallest absolute Gasteiger partial charge is 0.165 e. The largest absolute Gasteiger partial charge is 0.508 e. The molecule has 3 aliphatic carbocycles. The molecule has 6 atom stereocenters. The first-order valence-electron chi connectivity index (χ1n) is 22.4. The van der Waals surface area contributed by atoms with Crippen LogP contribution in [0.1, 0.15) is 125 Å². The summed E-state index contributed by atoms with van der Waals surface area (Å²) in [5, 5.41) is 53.8. The van der Waals surface area contributed by atoms with Crippen molar-refractivity contribution in [2.75, 3.05) is 19.0 Å². The van der Waals surface area contributed by atoms with Crippen molar-refractivity contribution >= 4 is 33.2 Å². The van der Waals surface area contributed by atoms with Crippen molar-refractivity contribution in [1.29, 1.82) is 0 Å². The molecule has 3 aromatic carbocycles. The molecule has 2 saturated carbocycles. The van der Waals surface area contributed by atoms with E-state index in [9.17, 15) is 35.1 Å². The van der Waals surface area contributed by atoms with Gasteiger partial charge in [0.2, 0.25) is 0 Å². The van der Waals surface area contributed by atoms with Crippen LogP contribution >= 0.6 is 21.6 Å². The molecule has 11 nitrogen and oxygen atoms in total. The number of hydrogen-bond acceptors (Lipinski definition) is 12. The zero-order valence-electron chi connectivity index (χ0n) is 36.1. The number of aromatic hydroxyl groups is 2. The van der Waals surface area contributed by atoms with E-state index in [0.29, 0.717) is 66.0 Å². The summed E-state index contributed by atoms with van der Waals surface area (Å²) < 4.78 is 6.13. The number of nitrogens with two attached hydrogens (primary N) is 2. The van der Waals surface area contributed by atoms with E-state index in [1.54, 1.807) is 64.2 Å². The molecule has 8 bridgehead atoms. The first kappa shape index (κ1) is 46.0. The molecule has 6 unspecified atom stereocenters. The summed E-state index contributed by atoms with van der Waals surface area (Å²) >= 11 is 0. The Hall–Kier alpha value is -4.52. The van der Waals surface area contributed by atoms with Crippen molar-refractivity contribution < 1.29 is 39.9 Å². The zero-order valence-corrected chi connectivity index (χ0v) is 37.7. The van der Waals surface area contributed by atoms with Crippen LogP contribution in [0.3, 0.4) is 0 Å². The van der Waals surface area contributed by atoms with E-state index in [1.807, 2.05) is 18.2 Å². The molecule has 0 spiro atoms. The number of H-pyrrole nitrogens is 1. The molecular formula is C51H59N3O8S2. The summed E-state index contributed by atoms with van der Waals surface area (Å²) in [6, 6.07) is 16.3. The first-order chi connectivity index (χ1) is 30.9. The summed E-state index contributed by atoms with van der Waals surface area (Å²) in [6.07, 6.45) is 10.0. The number of aliphatic hydroxyl groups is 3. The third-order valence-electron chi connectivity index (χ3n) is 14.2. The fourth-order valence-electron chi connectivity index (χ4n) is 10.6. The van der Waals surface area contributed by atoms with Gasteiger partial charge < -0.3 is 46.7 Å². The lowest BCUT2D eigenvalue weighted by molar-refractivity contribution is -0.114. The lowest BCUT2D eigenvalue weighted by atomic mass is 9.62. The highest BCUT2D eigenvalue weighted by Crippen LogP contribution is 2.64. The number of phenolic OH excluding ortho intramolecular Hbond substituents is 2. The minimum Gasteiger partial charge on any atom is -0.508 e. The normalized spacial score (nSPS) is 25.6. The molecule has 2 fully saturated rings. The second-order valence-corrected chi connectivity index (χ2v) is 20.8. The van der Waals surface area contributed by atoms with E-state index in [4.69, 9.17) is 16.2 Å². The van der Waals surface area contributed by atoms with Crippen molar-refractivity contribution in [2.24, 2.45) is 28.2 Å². The van der Waals surface area contributed by atoms with E-state index in [0.717, 1.165) is 65.6 Å². The van der Waals surface area contributed by atoms with Crippen molar-refractivity contribution in [3.05, 3.63) is 123 Å². The number of aryl methyl sites for hydroxylation is 1. The maximum absolute atomic E-state index is 14.2. The van der Waals surface area contributed by atoms with E-state index >= 15 is 0 Å². The van der Waals surface area contributed by atoms with Gasteiger partial charge in [0.25, 0.3) is 0 Å². The molecule has 2 heterocycles. The van der Waals surface area contributed by atoms with Gasteiger partial charge in [0.1, 0.15) is 5.75 Å². The first-order valence-corrected chi connectivity index (χ1v) is 24.9. The SMILES string of the molecule is NC(N)c1cc2c3cc1CSSCC14CCC(CCCC(O)CO)C(C=CC(=O)CCc5ccc(O)c(c5)OCCc5ccc(O)c(c5)C3CC(=O)c3cc[nH]c3CC#C2)(CC1O)C4. The average molecular weight is 906 g/mol. The van der Waals surface area contributed by atoms with Crippen LogP contribution in [0.4, 0.5) is 0 Å². The maximum Gasteiger partial charge on any atom is 0.165 e. The highest BCUT2D eigenvalue weighted by molar-refractivity contribution is 8.76. The summed E-state index contributed by atoms with van der Waals surface area (Å²) in [4.78, 5) is 30.9. The molecule has 64 heavy (non-hydrogen) atoms. The number of carbonyl (C=O) groups is 2. The third kappa shape index (κ3) is 9.99. The highest BCUT2D eigenvalue weighted by Gasteiger charge is 2.58. The molecular weight excluding hydrogens is 847 g/mol. The summed E-state index contributed by atoms with van der Waals surface area (Å²) in [5.74, 6) is 7.76. The third-order valence-corrected chi connectivity index (χ3v) is 16.7. The number of carbonyl (C=O) groups excluding carboxylic acids is 2. The monoisotopic (exact) mass is 905 g/mol. The Bertz CT molecular complexity index is 2460. The molecule has 1 aromatic heterocycles. The minimum atomic E-state index is -0.801. The fourth-order valence-corrected chi connectivity index (χ4v) is 13.4. The number of allylic oxidation sites excluding steroid dienone is 2. The van der Waals surface area contributed by atoms with Crippen LogP contribution in [0.2, 0.25) is 0 Å². The quantitative estimate of drug-likeness (QED) is 0.0545. The molecule has 0 amide bonds. The van der Waals surface area contributed by atoms with Gasteiger partial charge in [-0.15, -0.1) is 0 Å². The van der Waals surface area contributed by atoms with Gasteiger partial charge in [0.15, 0.2) is 23.1 Å². The molecule has 0 radical (unpaired) electrons. The zero-order chi connectivity index (χ0) is 45.0. The lowest BCUT2D eigenvalue weighted by Crippen LogP contribution is -2.38. The second-order valence-electron chi connectivity index (χ2n) is 18.3. The summed E-state index contributed by atoms with van der Waals surface area (Å²) in [5.41, 5.74) is 18.9. The van der Waals surface area contributed by atoms with Gasteiger partial charge in [-0.3, -0.25) is 9.59 Å². The molecule has 10 N–H and O–H groups in total. The molecule has 1 aliphatic heterocycles. The van der Waals surface area contributed by atoms with Gasteiger partial charge in [-0.1, -0.05) is 70.2 Å². The Morgan fingerprint density at radius 2 is 1.78 bits per heavy atom. The van der Waals surface area contributed by atoms with E-state index < -0.39 is 29.7 Å². The van der Waals surface area contributed by atoms with Gasteiger partial charge in [0.05, 0.1) is 38.0 Å². The van der Waals surface area contributed by atoms with Crippen LogP contribution in [0.25, 0.3) is 0 Å². The number of benzene rings is 3. The van der Waals surface area contributed by atoms with Crippen molar-refractivity contribution in [3.63, 3.8) is 0 Å². The van der Waals surface area contributed by atoms with Crippen molar-refractivity contribution in [1.82, 2.24) is 4.98 Å². The van der Waals surface area contributed by atoms with Gasteiger partial charge >= 0.3 is 0 Å². The standard InChI is InChI=1S/C51H59N3O8S2/c52-49(53)40-23-33-3-1-6-43-38(15-19-54-43)46(60)25-41-39(33)24-34(40)28-63-64-30-51-17-13-35(4-2-5-37(57)27-55)50(29-51,26-48(51)61)18-14-36(56)10-7-31-9-12-45(59)47(22-31)62-20-16-32-8-11-44(58)42(41)21-32/h8-9,11-12,14-15,18-19,21-24,35,37,41,48-49,54-55,57-59,61H,2,4-7,10,13,16-17,20,25-30,52-53H2. The number of aliphatic hydroxyl groups excluding tert-OH is 3. The maximum atomic E-state index is 14.2. The molecule has 4 aromatic rings. The number of rotatable bonds is 6. The topological polar surface area (TPSA) is 212 Å². The molecule has 338 valence electrons. The Balaban J connectivity index is 1.17. The van der Waals surface area contributed by atoms with Crippen LogP contribution in [0, 0.1) is 28.6 Å². The van der Waals surface area contributed by atoms with Crippen LogP contribution < -0.4 is 16.2 Å². The number of Topliss-reactive ketones (excluding diaryl/α,β-unsaturated/α-hetero) is 1. The number of aromatic amines is 1. The number of fused-ring (bicyclic) bond motifs is 7. The fraction of sp³-hybridized carbons (Fsp3) is 0.451. The Morgan fingerprint density at radius 1 is 0.969 bits per heavy atom. The Labute approximate surface area is 382 Å². The lowest BCUT2D eigenvalue weighted by Gasteiger charge is -2.44. The Kier molecular flexibility index (Phi) is 14.3. The summed E-state index contributed by atoms with van der Waals surface area (Å²) in [6.45, 7) is -0.0616. The molecule has 0 saturated heterocycles. The van der Waals surface area contributed by atoms with E-state index in [1.165, 1.54) is 0 Å². The number of phenols is 2. The van der Waals surface area contributed by atoms with Crippen LogP contribution in [0.15, 0.2) is 72.9 Å². The van der Waals surface area contributed by atoms with Crippen LogP contribution in [-0.2, 0) is 29.8 Å². The van der Waals surface area contributed by atoms with Crippen molar-refractivity contribution in [3.8, 4) is 29.1 Å². The van der Waals surface area contributed by atoms with Crippen LogP contribution in [-0.4, -0.2) is 73.3 Å². The van der Waals surface area contributed by atoms with E-state index in [2.05, 4.69) is 29.0 Å². The van der Waals surface area contributed by atoms with Crippen molar-refractivity contribution in [2.45, 2.75) is 107 Å². The van der Waals surface area contributed by atoms with Gasteiger partial charge in [-0.25, -0.2) is 0 Å². The predicted octanol–water partition coefficient (Wildman–Crippen LogP) is 7.29. The Morgan fingerprint density at radius 3 is 2.59 bits per heavy atom. The van der Waals surface area contributed by atoms with E-state index in [-0.39, 0.29) is 60.5 Å². The highest BCUT2D eigenvalue weighted by atomic mass is 33.1. The van der Waals surface area contributed by atoms with Gasteiger partial charge in [-0.05, 0) is 121 Å². The average Bonchev–Trinajstić information content (AvgIpc) is 3.84. The minimum absolute atomic E-state index is 0.0125. The van der Waals surface area contributed by atoms with Gasteiger partial charge in [-0.2, -0.15) is 0 Å². The van der Waals surface area contributed by atoms with Gasteiger partial charge in [0, 0.05) is 70.7 Å². The number of nitrogens with one attached hydrogen (secondary N) is 1.